The molecule has 1 aromatic heterocycles. The van der Waals surface area contributed by atoms with Crippen LogP contribution in [0.2, 0.25) is 5.02 Å². The van der Waals surface area contributed by atoms with Gasteiger partial charge in [-0.1, -0.05) is 24.4 Å². The first kappa shape index (κ1) is 18.8. The molecule has 6 nitrogen and oxygen atoms in total. The first-order valence-corrected chi connectivity index (χ1v) is 10.6. The summed E-state index contributed by atoms with van der Waals surface area (Å²) in [6.07, 6.45) is 6.51. The summed E-state index contributed by atoms with van der Waals surface area (Å²) in [6.45, 7) is 0.113. The second-order valence-corrected chi connectivity index (χ2v) is 8.82. The van der Waals surface area contributed by atoms with Crippen LogP contribution in [0.4, 0.5) is 5.82 Å². The van der Waals surface area contributed by atoms with Gasteiger partial charge in [-0.15, -0.1) is 10.2 Å². The Balaban J connectivity index is 1.46. The van der Waals surface area contributed by atoms with E-state index in [1.807, 2.05) is 17.0 Å². The lowest BCUT2D eigenvalue weighted by molar-refractivity contribution is -0.118. The van der Waals surface area contributed by atoms with Gasteiger partial charge in [0.25, 0.3) is 0 Å². The molecule has 7 heteroatoms. The Bertz CT molecular complexity index is 939. The number of anilines is 1. The molecule has 2 saturated carbocycles. The normalized spacial score (nSPS) is 25.4. The van der Waals surface area contributed by atoms with Gasteiger partial charge in [0, 0.05) is 29.3 Å². The van der Waals surface area contributed by atoms with E-state index in [-0.39, 0.29) is 18.7 Å². The summed E-state index contributed by atoms with van der Waals surface area (Å²) in [5.74, 6) is 2.98. The van der Waals surface area contributed by atoms with Gasteiger partial charge in [0.05, 0.1) is 12.1 Å². The number of aromatic nitrogens is 2. The van der Waals surface area contributed by atoms with E-state index in [2.05, 4.69) is 10.2 Å². The molecule has 29 heavy (non-hydrogen) atoms. The Labute approximate surface area is 175 Å². The average molecular weight is 414 g/mol. The van der Waals surface area contributed by atoms with Crippen molar-refractivity contribution in [2.24, 2.45) is 11.8 Å². The molecular formula is C22H24ClN3O3. The molecule has 2 fully saturated rings. The molecule has 3 aliphatic rings. The van der Waals surface area contributed by atoms with Crippen molar-refractivity contribution in [3.8, 4) is 17.0 Å². The van der Waals surface area contributed by atoms with Gasteiger partial charge in [-0.2, -0.15) is 0 Å². The summed E-state index contributed by atoms with van der Waals surface area (Å²) < 4.78 is 10.7. The molecular weight excluding hydrogens is 390 g/mol. The Morgan fingerprint density at radius 2 is 1.93 bits per heavy atom. The minimum atomic E-state index is 0.113. The summed E-state index contributed by atoms with van der Waals surface area (Å²) >= 11 is 6.12. The molecule has 2 aliphatic carbocycles. The van der Waals surface area contributed by atoms with Crippen molar-refractivity contribution in [3.63, 3.8) is 0 Å². The van der Waals surface area contributed by atoms with E-state index < -0.39 is 0 Å². The van der Waals surface area contributed by atoms with Crippen LogP contribution in [0.1, 0.15) is 37.7 Å². The van der Waals surface area contributed by atoms with Crippen LogP contribution in [-0.2, 0) is 16.0 Å². The van der Waals surface area contributed by atoms with Gasteiger partial charge in [0.1, 0.15) is 5.75 Å². The maximum atomic E-state index is 12.9. The molecule has 5 rings (SSSR count). The molecule has 2 unspecified atom stereocenters. The molecule has 0 spiro atoms. The van der Waals surface area contributed by atoms with Crippen LogP contribution < -0.4 is 9.64 Å². The van der Waals surface area contributed by atoms with E-state index in [1.54, 1.807) is 19.2 Å². The lowest BCUT2D eigenvalue weighted by Gasteiger charge is -2.34. The Morgan fingerprint density at radius 1 is 1.14 bits per heavy atom. The van der Waals surface area contributed by atoms with Crippen LogP contribution in [0.25, 0.3) is 11.3 Å². The van der Waals surface area contributed by atoms with Gasteiger partial charge in [0.2, 0.25) is 5.91 Å². The molecule has 3 atom stereocenters. The third-order valence-corrected chi connectivity index (χ3v) is 6.70. The smallest absolute Gasteiger partial charge is 0.233 e. The number of hydrogen-bond acceptors (Lipinski definition) is 5. The van der Waals surface area contributed by atoms with Gasteiger partial charge in [-0.25, -0.2) is 0 Å². The number of nitrogens with zero attached hydrogens (tertiary/aromatic N) is 3. The van der Waals surface area contributed by atoms with Gasteiger partial charge < -0.3 is 9.47 Å². The number of amides is 1. The standard InChI is InChI=1S/C22H24ClN3O3/c1-28-12-29-20-11-16(23)4-5-18(20)19-9-15-10-21(27)26(22(15)25-24-19)17-7-13-2-3-14(6-13)8-17/h4-5,9,11,13-14,17H,2-3,6-8,10,12H2,1H3/t13-,14?,17?/m0/s1. The first-order valence-electron chi connectivity index (χ1n) is 10.2. The quantitative estimate of drug-likeness (QED) is 0.685. The topological polar surface area (TPSA) is 64.6 Å². The molecule has 2 bridgehead atoms. The highest BCUT2D eigenvalue weighted by Gasteiger charge is 2.42. The monoisotopic (exact) mass is 413 g/mol. The molecule has 2 heterocycles. The highest BCUT2D eigenvalue weighted by atomic mass is 35.5. The van der Waals surface area contributed by atoms with E-state index >= 15 is 0 Å². The molecule has 0 N–H and O–H groups in total. The Hall–Kier alpha value is -2.18. The number of rotatable bonds is 5. The van der Waals surface area contributed by atoms with Crippen molar-refractivity contribution in [1.82, 2.24) is 10.2 Å². The van der Waals surface area contributed by atoms with Gasteiger partial charge in [-0.05, 0) is 55.4 Å². The highest BCUT2D eigenvalue weighted by Crippen LogP contribution is 2.45. The number of carbonyl (C=O) groups excluding carboxylic acids is 1. The van der Waals surface area contributed by atoms with E-state index in [0.29, 0.717) is 22.9 Å². The van der Waals surface area contributed by atoms with Crippen LogP contribution in [0.3, 0.4) is 0 Å². The summed E-state index contributed by atoms with van der Waals surface area (Å²) in [4.78, 5) is 14.8. The minimum Gasteiger partial charge on any atom is -0.467 e. The van der Waals surface area contributed by atoms with E-state index in [9.17, 15) is 4.79 Å². The third-order valence-electron chi connectivity index (χ3n) is 6.47. The maximum Gasteiger partial charge on any atom is 0.233 e. The second-order valence-electron chi connectivity index (χ2n) is 8.38. The Kier molecular flexibility index (Phi) is 4.92. The zero-order valence-corrected chi connectivity index (χ0v) is 17.2. The number of methoxy groups -OCH3 is 1. The van der Waals surface area contributed by atoms with Crippen molar-refractivity contribution in [3.05, 3.63) is 34.9 Å². The second kappa shape index (κ2) is 7.58. The Morgan fingerprint density at radius 3 is 2.69 bits per heavy atom. The lowest BCUT2D eigenvalue weighted by atomic mass is 9.85. The van der Waals surface area contributed by atoms with Crippen molar-refractivity contribution in [2.45, 2.75) is 44.6 Å². The predicted octanol–water partition coefficient (Wildman–Crippen LogP) is 4.25. The summed E-state index contributed by atoms with van der Waals surface area (Å²) in [5.41, 5.74) is 2.39. The maximum absolute atomic E-state index is 12.9. The number of carbonyl (C=O) groups is 1. The number of fused-ring (bicyclic) bond motifs is 3. The van der Waals surface area contributed by atoms with Crippen LogP contribution >= 0.6 is 11.6 Å². The molecule has 0 radical (unpaired) electrons. The van der Waals surface area contributed by atoms with Gasteiger partial charge in [0.15, 0.2) is 12.6 Å². The third kappa shape index (κ3) is 3.49. The van der Waals surface area contributed by atoms with Crippen LogP contribution in [0, 0.1) is 11.8 Å². The van der Waals surface area contributed by atoms with Crippen molar-refractivity contribution < 1.29 is 14.3 Å². The van der Waals surface area contributed by atoms with Crippen LogP contribution in [0.15, 0.2) is 24.3 Å². The molecule has 2 aromatic rings. The number of ether oxygens (including phenoxy) is 2. The van der Waals surface area contributed by atoms with Crippen molar-refractivity contribution in [2.75, 3.05) is 18.8 Å². The van der Waals surface area contributed by atoms with E-state index in [0.717, 1.165) is 41.6 Å². The van der Waals surface area contributed by atoms with Gasteiger partial charge >= 0.3 is 0 Å². The molecule has 1 amide bonds. The largest absolute Gasteiger partial charge is 0.467 e. The van der Waals surface area contributed by atoms with Gasteiger partial charge in [-0.3, -0.25) is 9.69 Å². The molecule has 1 aliphatic heterocycles. The fraction of sp³-hybridized carbons (Fsp3) is 0.500. The van der Waals surface area contributed by atoms with Crippen LogP contribution in [-0.4, -0.2) is 36.0 Å². The minimum absolute atomic E-state index is 0.113. The van der Waals surface area contributed by atoms with E-state index in [4.69, 9.17) is 21.1 Å². The lowest BCUT2D eigenvalue weighted by Crippen LogP contribution is -2.42. The molecule has 1 aromatic carbocycles. The van der Waals surface area contributed by atoms with E-state index in [1.165, 1.54) is 19.3 Å². The van der Waals surface area contributed by atoms with Crippen molar-refractivity contribution >= 4 is 23.3 Å². The fourth-order valence-electron chi connectivity index (χ4n) is 5.26. The zero-order valence-electron chi connectivity index (χ0n) is 16.4. The first-order chi connectivity index (χ1) is 14.1. The predicted molar refractivity (Wildman–Crippen MR) is 110 cm³/mol. The van der Waals surface area contributed by atoms with Crippen LogP contribution in [0.5, 0.6) is 5.75 Å². The number of benzene rings is 1. The van der Waals surface area contributed by atoms with Crippen molar-refractivity contribution in [1.29, 1.82) is 0 Å². The zero-order chi connectivity index (χ0) is 20.0. The average Bonchev–Trinajstić information content (AvgIpc) is 3.23. The SMILES string of the molecule is COCOc1cc(Cl)ccc1-c1cc2c(nn1)N(C1CC3CC[C@@H](C3)C1)C(=O)C2. The highest BCUT2D eigenvalue weighted by molar-refractivity contribution is 6.30. The summed E-state index contributed by atoms with van der Waals surface area (Å²) in [5, 5.41) is 9.51. The molecule has 152 valence electrons. The molecule has 0 saturated heterocycles. The summed E-state index contributed by atoms with van der Waals surface area (Å²) in [7, 11) is 1.57. The summed E-state index contributed by atoms with van der Waals surface area (Å²) in [6, 6.07) is 7.62. The fourth-order valence-corrected chi connectivity index (χ4v) is 5.43. The number of halogens is 1. The number of hydrogen-bond donors (Lipinski definition) is 0.